The van der Waals surface area contributed by atoms with Crippen LogP contribution in [0, 0.1) is 6.92 Å². The number of nitrogens with one attached hydrogen (secondary N) is 1. The summed E-state index contributed by atoms with van der Waals surface area (Å²) in [6.45, 7) is 1.95. The number of carbonyl (C=O) groups is 2. The molecule has 4 aromatic rings. The number of ether oxygens (including phenoxy) is 2. The first-order chi connectivity index (χ1) is 17.0. The van der Waals surface area contributed by atoms with Gasteiger partial charge >= 0.3 is 0 Å². The highest BCUT2D eigenvalue weighted by Gasteiger charge is 2.41. The van der Waals surface area contributed by atoms with Crippen molar-refractivity contribution in [2.75, 3.05) is 24.4 Å². The van der Waals surface area contributed by atoms with Crippen LogP contribution in [0.15, 0.2) is 90.6 Å². The molecule has 1 N–H and O–H groups in total. The number of carbonyl (C=O) groups excluding carboxylic acids is 2. The second-order valence-electron chi connectivity index (χ2n) is 8.25. The highest BCUT2D eigenvalue weighted by molar-refractivity contribution is 6.47. The molecule has 0 radical (unpaired) electrons. The van der Waals surface area contributed by atoms with Crippen LogP contribution in [-0.4, -0.2) is 26.0 Å². The third-order valence-electron chi connectivity index (χ3n) is 6.08. The van der Waals surface area contributed by atoms with Crippen molar-refractivity contribution in [1.82, 2.24) is 0 Å². The summed E-state index contributed by atoms with van der Waals surface area (Å²) in [6.07, 6.45) is 0. The summed E-state index contributed by atoms with van der Waals surface area (Å²) < 4.78 is 10.8. The summed E-state index contributed by atoms with van der Waals surface area (Å²) in [5, 5.41) is 4.98. The van der Waals surface area contributed by atoms with Crippen molar-refractivity contribution in [2.45, 2.75) is 6.92 Å². The van der Waals surface area contributed by atoms with Crippen molar-refractivity contribution in [1.29, 1.82) is 0 Å². The highest BCUT2D eigenvalue weighted by atomic mass is 16.5. The predicted molar refractivity (Wildman–Crippen MR) is 138 cm³/mol. The van der Waals surface area contributed by atoms with Gasteiger partial charge in [-0.25, -0.2) is 4.90 Å². The normalized spacial score (nSPS) is 13.5. The Hall–Kier alpha value is -4.58. The minimum atomic E-state index is -0.430. The summed E-state index contributed by atoms with van der Waals surface area (Å²) >= 11 is 0. The van der Waals surface area contributed by atoms with Crippen molar-refractivity contribution in [3.8, 4) is 11.5 Å². The zero-order valence-electron chi connectivity index (χ0n) is 19.7. The van der Waals surface area contributed by atoms with Gasteiger partial charge in [-0.2, -0.15) is 0 Å². The van der Waals surface area contributed by atoms with Crippen LogP contribution < -0.4 is 19.7 Å². The number of aryl methyl sites for hydroxylation is 1. The second kappa shape index (κ2) is 8.99. The van der Waals surface area contributed by atoms with Crippen LogP contribution in [0.2, 0.25) is 0 Å². The van der Waals surface area contributed by atoms with Gasteiger partial charge in [0.1, 0.15) is 17.2 Å². The third-order valence-corrected chi connectivity index (χ3v) is 6.08. The first-order valence-electron chi connectivity index (χ1n) is 11.2. The number of imide groups is 1. The summed E-state index contributed by atoms with van der Waals surface area (Å²) in [6, 6.07) is 26.0. The zero-order chi connectivity index (χ0) is 24.5. The van der Waals surface area contributed by atoms with Crippen molar-refractivity contribution in [3.63, 3.8) is 0 Å². The number of hydrogen-bond acceptors (Lipinski definition) is 5. The number of anilines is 2. The van der Waals surface area contributed by atoms with Gasteiger partial charge < -0.3 is 14.8 Å². The van der Waals surface area contributed by atoms with Gasteiger partial charge in [0, 0.05) is 5.39 Å². The van der Waals surface area contributed by atoms with Crippen LogP contribution in [0.1, 0.15) is 11.1 Å². The van der Waals surface area contributed by atoms with Crippen LogP contribution in [0.25, 0.3) is 16.3 Å². The fourth-order valence-electron chi connectivity index (χ4n) is 4.35. The van der Waals surface area contributed by atoms with Crippen LogP contribution in [0.4, 0.5) is 11.4 Å². The Morgan fingerprint density at radius 2 is 1.51 bits per heavy atom. The first kappa shape index (κ1) is 22.2. The lowest BCUT2D eigenvalue weighted by atomic mass is 10.0. The third kappa shape index (κ3) is 3.89. The van der Waals surface area contributed by atoms with E-state index in [4.69, 9.17) is 9.47 Å². The van der Waals surface area contributed by atoms with Crippen molar-refractivity contribution >= 4 is 39.5 Å². The van der Waals surface area contributed by atoms with Gasteiger partial charge in [0.25, 0.3) is 11.8 Å². The molecule has 5 rings (SSSR count). The molecule has 0 saturated heterocycles. The maximum Gasteiger partial charge on any atom is 0.282 e. The minimum Gasteiger partial charge on any atom is -0.497 e. The number of methoxy groups -OCH3 is 2. The summed E-state index contributed by atoms with van der Waals surface area (Å²) in [7, 11) is 3.15. The van der Waals surface area contributed by atoms with Crippen molar-refractivity contribution < 1.29 is 19.1 Å². The van der Waals surface area contributed by atoms with Crippen molar-refractivity contribution in [3.05, 3.63) is 102 Å². The fraction of sp³-hybridized carbons (Fsp3) is 0.103. The number of rotatable bonds is 6. The number of benzene rings is 4. The Bertz CT molecular complexity index is 1480. The number of amides is 2. The van der Waals surface area contributed by atoms with Gasteiger partial charge in [0.2, 0.25) is 0 Å². The molecule has 0 fully saturated rings. The van der Waals surface area contributed by atoms with E-state index in [1.807, 2.05) is 61.5 Å². The predicted octanol–water partition coefficient (Wildman–Crippen LogP) is 5.56. The van der Waals surface area contributed by atoms with Crippen LogP contribution in [-0.2, 0) is 9.59 Å². The van der Waals surface area contributed by atoms with E-state index in [0.717, 1.165) is 16.3 Å². The van der Waals surface area contributed by atoms with Gasteiger partial charge in [-0.15, -0.1) is 0 Å². The lowest BCUT2D eigenvalue weighted by molar-refractivity contribution is -0.120. The summed E-state index contributed by atoms with van der Waals surface area (Å²) in [5.41, 5.74) is 3.22. The highest BCUT2D eigenvalue weighted by Crippen LogP contribution is 2.38. The lowest BCUT2D eigenvalue weighted by Gasteiger charge is -2.18. The lowest BCUT2D eigenvalue weighted by Crippen LogP contribution is -2.32. The molecule has 1 heterocycles. The van der Waals surface area contributed by atoms with E-state index in [9.17, 15) is 9.59 Å². The maximum absolute atomic E-state index is 13.9. The zero-order valence-corrected chi connectivity index (χ0v) is 19.7. The average molecular weight is 465 g/mol. The van der Waals surface area contributed by atoms with Gasteiger partial charge in [0.05, 0.1) is 31.2 Å². The monoisotopic (exact) mass is 464 g/mol. The molecule has 0 bridgehead atoms. The second-order valence-corrected chi connectivity index (χ2v) is 8.25. The summed E-state index contributed by atoms with van der Waals surface area (Å²) in [4.78, 5) is 29.0. The van der Waals surface area contributed by atoms with Gasteiger partial charge in [-0.3, -0.25) is 9.59 Å². The van der Waals surface area contributed by atoms with Crippen LogP contribution in [0.5, 0.6) is 11.5 Å². The van der Waals surface area contributed by atoms with Gasteiger partial charge in [-0.1, -0.05) is 54.6 Å². The number of fused-ring (bicyclic) bond motifs is 1. The molecule has 174 valence electrons. The van der Waals surface area contributed by atoms with E-state index >= 15 is 0 Å². The van der Waals surface area contributed by atoms with E-state index < -0.39 is 11.8 Å². The SMILES string of the molecule is COc1ccc(C2=C(Nc3cc(C)ccc3OC)C(=O)N(c3cccc4ccccc34)C2=O)cc1. The topological polar surface area (TPSA) is 67.9 Å². The van der Waals surface area contributed by atoms with Crippen molar-refractivity contribution in [2.24, 2.45) is 0 Å². The molecule has 1 aliphatic heterocycles. The molecule has 0 saturated carbocycles. The molecule has 0 aromatic heterocycles. The molecule has 1 aliphatic rings. The Balaban J connectivity index is 1.67. The molecule has 4 aromatic carbocycles. The Kier molecular flexibility index (Phi) is 5.71. The Labute approximate surface area is 203 Å². The average Bonchev–Trinajstić information content (AvgIpc) is 3.12. The maximum atomic E-state index is 13.9. The number of nitrogens with zero attached hydrogens (tertiary/aromatic N) is 1. The molecule has 2 amide bonds. The molecular formula is C29H24N2O4. The molecule has 0 atom stereocenters. The van der Waals surface area contributed by atoms with Crippen LogP contribution >= 0.6 is 0 Å². The van der Waals surface area contributed by atoms with Gasteiger partial charge in [0.15, 0.2) is 0 Å². The Morgan fingerprint density at radius 1 is 0.771 bits per heavy atom. The van der Waals surface area contributed by atoms with E-state index in [1.54, 1.807) is 44.6 Å². The quantitative estimate of drug-likeness (QED) is 0.378. The standard InChI is InChI=1S/C29H24N2O4/c1-18-11-16-25(35-3)23(17-18)30-27-26(20-12-14-21(34-2)15-13-20)28(32)31(29(27)33)24-10-6-8-19-7-4-5-9-22(19)24/h4-17,30H,1-3H3. The number of hydrogen-bond donors (Lipinski definition) is 1. The Morgan fingerprint density at radius 3 is 2.26 bits per heavy atom. The van der Waals surface area contributed by atoms with Crippen LogP contribution in [0.3, 0.4) is 0 Å². The fourth-order valence-corrected chi connectivity index (χ4v) is 4.35. The smallest absolute Gasteiger partial charge is 0.282 e. The molecule has 0 unspecified atom stereocenters. The molecule has 6 nitrogen and oxygen atoms in total. The van der Waals surface area contributed by atoms with E-state index in [1.165, 1.54) is 4.90 Å². The van der Waals surface area contributed by atoms with E-state index in [2.05, 4.69) is 5.32 Å². The summed E-state index contributed by atoms with van der Waals surface area (Å²) in [5.74, 6) is 0.402. The molecular weight excluding hydrogens is 440 g/mol. The van der Waals surface area contributed by atoms with E-state index in [0.29, 0.717) is 28.4 Å². The molecule has 0 aliphatic carbocycles. The molecule has 35 heavy (non-hydrogen) atoms. The van der Waals surface area contributed by atoms with Gasteiger partial charge in [-0.05, 0) is 53.8 Å². The largest absolute Gasteiger partial charge is 0.497 e. The first-order valence-corrected chi connectivity index (χ1v) is 11.2. The minimum absolute atomic E-state index is 0.192. The molecule has 0 spiro atoms. The molecule has 6 heteroatoms. The van der Waals surface area contributed by atoms with E-state index in [-0.39, 0.29) is 11.3 Å².